The molecule has 0 aliphatic rings. The third-order valence-electron chi connectivity index (χ3n) is 0.203. The van der Waals surface area contributed by atoms with E-state index in [0.29, 0.717) is 0 Å². The van der Waals surface area contributed by atoms with Crippen molar-refractivity contribution in [1.82, 2.24) is 0 Å². The smallest absolute Gasteiger partial charge is 0.790 e. The average Bonchev–Trinajstić information content (AvgIpc) is 1.47. The van der Waals surface area contributed by atoms with E-state index < -0.39 is 23.9 Å². The SMILES string of the molecule is O=P([O-])([O-])OP(=O)([O-])O.O=[PH](O)O.[Na+].[Na+].[Na+]. The van der Waals surface area contributed by atoms with Crippen LogP contribution in [0.5, 0.6) is 0 Å². The molecule has 0 saturated carbocycles. The molecule has 0 aromatic carbocycles. The first-order valence-corrected chi connectivity index (χ1v) is 6.39. The summed E-state index contributed by atoms with van der Waals surface area (Å²) in [4.78, 5) is 50.0. The van der Waals surface area contributed by atoms with E-state index in [0.717, 1.165) is 0 Å². The Labute approximate surface area is 157 Å². The van der Waals surface area contributed by atoms with Crippen LogP contribution in [0.25, 0.3) is 0 Å². The van der Waals surface area contributed by atoms with Gasteiger partial charge in [-0.15, -0.1) is 0 Å². The van der Waals surface area contributed by atoms with E-state index in [1.165, 1.54) is 0 Å². The minimum Gasteiger partial charge on any atom is -0.790 e. The maximum atomic E-state index is 9.44. The Balaban J connectivity index is -0.0000000511. The second-order valence-electron chi connectivity index (χ2n) is 1.28. The van der Waals surface area contributed by atoms with Crippen molar-refractivity contribution in [3.8, 4) is 0 Å². The van der Waals surface area contributed by atoms with Gasteiger partial charge in [-0.1, -0.05) is 0 Å². The molecular weight excluding hydrogens is 322 g/mol. The maximum Gasteiger partial charge on any atom is 1.00 e. The monoisotopic (exact) mass is 326 g/mol. The molecular formula is H4Na3O10P3. The van der Waals surface area contributed by atoms with Gasteiger partial charge in [0.1, 0.15) is 0 Å². The fourth-order valence-corrected chi connectivity index (χ4v) is 1.14. The normalized spacial score (nSPS) is 12.9. The Hall–Kier alpha value is 3.41. The van der Waals surface area contributed by atoms with Crippen LogP contribution in [0, 0.1) is 0 Å². The minimum absolute atomic E-state index is 0. The van der Waals surface area contributed by atoms with Gasteiger partial charge in [-0.3, -0.25) is 13.4 Å². The second kappa shape index (κ2) is 14.8. The molecule has 0 aliphatic carbocycles. The fourth-order valence-electron chi connectivity index (χ4n) is 0.126. The molecule has 0 fully saturated rings. The zero-order valence-corrected chi connectivity index (χ0v) is 17.4. The predicted octanol–water partition coefficient (Wildman–Crippen LogP) is -12.3. The van der Waals surface area contributed by atoms with Crippen LogP contribution in [0.4, 0.5) is 0 Å². The van der Waals surface area contributed by atoms with Gasteiger partial charge in [-0.05, 0) is 0 Å². The van der Waals surface area contributed by atoms with Gasteiger partial charge in [0.2, 0.25) is 0 Å². The van der Waals surface area contributed by atoms with Crippen molar-refractivity contribution in [3.63, 3.8) is 0 Å². The zero-order valence-electron chi connectivity index (χ0n) is 8.59. The van der Waals surface area contributed by atoms with Crippen LogP contribution in [0.2, 0.25) is 0 Å². The Morgan fingerprint density at radius 2 is 1.19 bits per heavy atom. The van der Waals surface area contributed by atoms with Crippen LogP contribution in [0.1, 0.15) is 0 Å². The number of hydrogen-bond acceptors (Lipinski definition) is 7. The summed E-state index contributed by atoms with van der Waals surface area (Å²) in [6.07, 6.45) is 0. The first kappa shape index (κ1) is 31.7. The van der Waals surface area contributed by atoms with Crippen LogP contribution >= 0.6 is 23.9 Å². The summed E-state index contributed by atoms with van der Waals surface area (Å²) in [5, 5.41) is 0. The van der Waals surface area contributed by atoms with E-state index in [9.17, 15) is 23.8 Å². The van der Waals surface area contributed by atoms with Gasteiger partial charge in [-0.2, -0.15) is 0 Å². The third kappa shape index (κ3) is 52.9. The molecule has 0 aromatic heterocycles. The first-order valence-electron chi connectivity index (χ1n) is 2.13. The van der Waals surface area contributed by atoms with E-state index in [1.54, 1.807) is 0 Å². The Morgan fingerprint density at radius 1 is 1.00 bits per heavy atom. The summed E-state index contributed by atoms with van der Waals surface area (Å²) in [5.41, 5.74) is 0. The molecule has 0 bridgehead atoms. The molecule has 16 heteroatoms. The number of phosphoric acid groups is 2. The van der Waals surface area contributed by atoms with E-state index in [1.807, 2.05) is 0 Å². The van der Waals surface area contributed by atoms with E-state index in [-0.39, 0.29) is 88.7 Å². The molecule has 10 nitrogen and oxygen atoms in total. The van der Waals surface area contributed by atoms with Crippen molar-refractivity contribution in [2.24, 2.45) is 0 Å². The summed E-state index contributed by atoms with van der Waals surface area (Å²) in [6, 6.07) is 0. The summed E-state index contributed by atoms with van der Waals surface area (Å²) in [7, 11) is -14.2. The van der Waals surface area contributed by atoms with E-state index in [2.05, 4.69) is 4.31 Å². The molecule has 0 amide bonds. The Morgan fingerprint density at radius 3 is 1.19 bits per heavy atom. The van der Waals surface area contributed by atoms with Gasteiger partial charge < -0.3 is 33.9 Å². The molecule has 1 unspecified atom stereocenters. The van der Waals surface area contributed by atoms with Gasteiger partial charge in [-0.25, -0.2) is 0 Å². The molecule has 0 radical (unpaired) electrons. The summed E-state index contributed by atoms with van der Waals surface area (Å²) in [5.74, 6) is 0. The third-order valence-corrected chi connectivity index (χ3v) is 1.83. The molecule has 16 heavy (non-hydrogen) atoms. The predicted molar refractivity (Wildman–Crippen MR) is 32.0 cm³/mol. The van der Waals surface area contributed by atoms with Crippen LogP contribution in [-0.4, -0.2) is 14.7 Å². The van der Waals surface area contributed by atoms with Crippen molar-refractivity contribution in [3.05, 3.63) is 0 Å². The van der Waals surface area contributed by atoms with Crippen molar-refractivity contribution in [2.45, 2.75) is 0 Å². The molecule has 0 spiro atoms. The number of rotatable bonds is 2. The van der Waals surface area contributed by atoms with Crippen LogP contribution < -0.4 is 103 Å². The molecule has 0 saturated heterocycles. The van der Waals surface area contributed by atoms with Gasteiger partial charge in [0.05, 0.1) is 7.82 Å². The van der Waals surface area contributed by atoms with Gasteiger partial charge in [0, 0.05) is 0 Å². The second-order valence-corrected chi connectivity index (χ2v) is 4.33. The first-order chi connectivity index (χ1) is 5.44. The summed E-state index contributed by atoms with van der Waals surface area (Å²) < 4.78 is 30.2. The standard InChI is InChI=1S/3Na.H4O7P2.H3O3P/c;;;1-8(2,3)7-9(4,5)6;1-4(2)3/h;;;(H2,1,2,3)(H2,4,5,6);4H,(H2,1,2,3)/q3*+1;;/p-3. The van der Waals surface area contributed by atoms with Gasteiger partial charge in [0.25, 0.3) is 7.82 Å². The molecule has 0 aliphatic heterocycles. The topological polar surface area (TPSA) is 190 Å². The van der Waals surface area contributed by atoms with Crippen LogP contribution in [0.15, 0.2) is 0 Å². The number of hydrogen-bond donors (Lipinski definition) is 3. The Kier molecular flexibility index (Phi) is 29.3. The average molecular weight is 326 g/mol. The summed E-state index contributed by atoms with van der Waals surface area (Å²) in [6.45, 7) is 0. The minimum atomic E-state index is -5.61. The Bertz CT molecular complexity index is 226. The molecule has 0 rings (SSSR count). The van der Waals surface area contributed by atoms with Crippen molar-refractivity contribution in [1.29, 1.82) is 0 Å². The molecule has 1 atom stereocenters. The van der Waals surface area contributed by atoms with Crippen LogP contribution in [0.3, 0.4) is 0 Å². The fraction of sp³-hybridized carbons (Fsp3) is 0. The molecule has 0 aromatic rings. The van der Waals surface area contributed by atoms with Crippen LogP contribution in [-0.2, 0) is 18.0 Å². The van der Waals surface area contributed by atoms with Crippen molar-refractivity contribution >= 4 is 23.9 Å². The zero-order chi connectivity index (χ0) is 11.3. The molecule has 82 valence electrons. The summed E-state index contributed by atoms with van der Waals surface area (Å²) >= 11 is 0. The quantitative estimate of drug-likeness (QED) is 0.324. The molecule has 0 heterocycles. The largest absolute Gasteiger partial charge is 1.00 e. The maximum absolute atomic E-state index is 9.44. The van der Waals surface area contributed by atoms with Gasteiger partial charge in [0.15, 0.2) is 0 Å². The van der Waals surface area contributed by atoms with E-state index in [4.69, 9.17) is 19.2 Å². The van der Waals surface area contributed by atoms with Gasteiger partial charge >= 0.3 is 96.9 Å². The van der Waals surface area contributed by atoms with Crippen molar-refractivity contribution in [2.75, 3.05) is 0 Å². The van der Waals surface area contributed by atoms with E-state index >= 15 is 0 Å². The molecule has 3 N–H and O–H groups in total. The van der Waals surface area contributed by atoms with Crippen molar-refractivity contribution < 1.29 is 136 Å².